The molecule has 0 saturated carbocycles. The van der Waals surface area contributed by atoms with E-state index in [-0.39, 0.29) is 11.9 Å². The van der Waals surface area contributed by atoms with Crippen molar-refractivity contribution in [2.24, 2.45) is 0 Å². The molecule has 1 N–H and O–H groups in total. The number of nitrogens with one attached hydrogen (secondary N) is 1. The number of carbonyl (C=O) groups is 1. The molecule has 132 valence electrons. The minimum atomic E-state index is -0.101. The molecule has 2 aromatic carbocycles. The molecule has 0 saturated heterocycles. The van der Waals surface area contributed by atoms with E-state index in [9.17, 15) is 4.79 Å². The van der Waals surface area contributed by atoms with Crippen LogP contribution in [0.5, 0.6) is 0 Å². The van der Waals surface area contributed by atoms with Gasteiger partial charge in [0.2, 0.25) is 5.91 Å². The SMILES string of the molecule is Cc1ccc(/C=C/C(=O)NC(C)c2ccc(-n3ccnc3)cc2)c(C)c1. The standard InChI is InChI=1S/C22H23N3O/c1-16-4-5-19(17(2)14-16)8-11-22(26)24-18(3)20-6-9-21(10-7-20)25-13-12-23-15-25/h4-15,18H,1-3H3,(H,24,26)/b11-8+. The first kappa shape index (κ1) is 17.7. The number of nitrogens with zero attached hydrogens (tertiary/aromatic N) is 2. The zero-order chi connectivity index (χ0) is 18.5. The van der Waals surface area contributed by atoms with Crippen LogP contribution in [0.4, 0.5) is 0 Å². The number of amides is 1. The van der Waals surface area contributed by atoms with Gasteiger partial charge in [-0.1, -0.05) is 35.9 Å². The molecule has 3 rings (SSSR count). The van der Waals surface area contributed by atoms with Gasteiger partial charge in [0.05, 0.1) is 12.4 Å². The van der Waals surface area contributed by atoms with Crippen LogP contribution in [0.2, 0.25) is 0 Å². The predicted octanol–water partition coefficient (Wildman–Crippen LogP) is 4.38. The van der Waals surface area contributed by atoms with E-state index in [4.69, 9.17) is 0 Å². The molecule has 1 atom stereocenters. The lowest BCUT2D eigenvalue weighted by atomic mass is 10.1. The van der Waals surface area contributed by atoms with Crippen molar-refractivity contribution < 1.29 is 4.79 Å². The Morgan fingerprint density at radius 2 is 1.92 bits per heavy atom. The molecule has 3 aromatic rings. The van der Waals surface area contributed by atoms with E-state index >= 15 is 0 Å². The number of carbonyl (C=O) groups excluding carboxylic acids is 1. The highest BCUT2D eigenvalue weighted by atomic mass is 16.1. The van der Waals surface area contributed by atoms with Crippen molar-refractivity contribution in [1.82, 2.24) is 14.9 Å². The van der Waals surface area contributed by atoms with E-state index in [1.54, 1.807) is 18.6 Å². The highest BCUT2D eigenvalue weighted by Crippen LogP contribution is 2.16. The zero-order valence-electron chi connectivity index (χ0n) is 15.3. The maximum atomic E-state index is 12.2. The lowest BCUT2D eigenvalue weighted by Crippen LogP contribution is -2.24. The van der Waals surface area contributed by atoms with Gasteiger partial charge in [-0.15, -0.1) is 0 Å². The van der Waals surface area contributed by atoms with Crippen LogP contribution in [-0.2, 0) is 4.79 Å². The first-order valence-electron chi connectivity index (χ1n) is 8.67. The quantitative estimate of drug-likeness (QED) is 0.698. The van der Waals surface area contributed by atoms with Gasteiger partial charge in [-0.25, -0.2) is 4.98 Å². The van der Waals surface area contributed by atoms with Crippen LogP contribution < -0.4 is 5.32 Å². The second-order valence-electron chi connectivity index (χ2n) is 6.49. The van der Waals surface area contributed by atoms with Gasteiger partial charge < -0.3 is 9.88 Å². The Balaban J connectivity index is 1.62. The Kier molecular flexibility index (Phi) is 5.32. The molecule has 26 heavy (non-hydrogen) atoms. The summed E-state index contributed by atoms with van der Waals surface area (Å²) in [5.74, 6) is -0.101. The lowest BCUT2D eigenvalue weighted by Gasteiger charge is -2.14. The average molecular weight is 345 g/mol. The third-order valence-corrected chi connectivity index (χ3v) is 4.39. The number of rotatable bonds is 5. The summed E-state index contributed by atoms with van der Waals surface area (Å²) in [7, 11) is 0. The minimum Gasteiger partial charge on any atom is -0.346 e. The fourth-order valence-electron chi connectivity index (χ4n) is 2.87. The van der Waals surface area contributed by atoms with Crippen LogP contribution in [0, 0.1) is 13.8 Å². The molecular formula is C22H23N3O. The second kappa shape index (κ2) is 7.83. The molecule has 0 aliphatic carbocycles. The van der Waals surface area contributed by atoms with Crippen LogP contribution in [0.15, 0.2) is 67.3 Å². The molecule has 0 bridgehead atoms. The molecule has 4 nitrogen and oxygen atoms in total. The van der Waals surface area contributed by atoms with Gasteiger partial charge in [0, 0.05) is 24.2 Å². The highest BCUT2D eigenvalue weighted by molar-refractivity contribution is 5.92. The van der Waals surface area contributed by atoms with Crippen LogP contribution >= 0.6 is 0 Å². The van der Waals surface area contributed by atoms with Crippen LogP contribution in [0.25, 0.3) is 11.8 Å². The fraction of sp³-hybridized carbons (Fsp3) is 0.182. The summed E-state index contributed by atoms with van der Waals surface area (Å²) in [6, 6.07) is 14.2. The Morgan fingerprint density at radius 3 is 2.58 bits per heavy atom. The van der Waals surface area contributed by atoms with Gasteiger partial charge in [-0.2, -0.15) is 0 Å². The molecule has 0 radical (unpaired) electrons. The summed E-state index contributed by atoms with van der Waals surface area (Å²) in [6.45, 7) is 6.09. The molecule has 1 aromatic heterocycles. The summed E-state index contributed by atoms with van der Waals surface area (Å²) >= 11 is 0. The lowest BCUT2D eigenvalue weighted by molar-refractivity contribution is -0.117. The Labute approximate surface area is 154 Å². The van der Waals surface area contributed by atoms with Gasteiger partial charge >= 0.3 is 0 Å². The third-order valence-electron chi connectivity index (χ3n) is 4.39. The topological polar surface area (TPSA) is 46.9 Å². The number of benzene rings is 2. The Morgan fingerprint density at radius 1 is 1.15 bits per heavy atom. The van der Waals surface area contributed by atoms with Crippen molar-refractivity contribution in [3.8, 4) is 5.69 Å². The molecule has 4 heteroatoms. The summed E-state index contributed by atoms with van der Waals surface area (Å²) in [4.78, 5) is 16.3. The second-order valence-corrected chi connectivity index (χ2v) is 6.49. The largest absolute Gasteiger partial charge is 0.346 e. The Hall–Kier alpha value is -3.14. The number of aryl methyl sites for hydroxylation is 2. The Bertz CT molecular complexity index is 909. The maximum Gasteiger partial charge on any atom is 0.244 e. The van der Waals surface area contributed by atoms with E-state index in [0.29, 0.717) is 0 Å². The van der Waals surface area contributed by atoms with E-state index < -0.39 is 0 Å². The summed E-state index contributed by atoms with van der Waals surface area (Å²) in [5, 5.41) is 3.01. The van der Waals surface area contributed by atoms with Crippen molar-refractivity contribution in [1.29, 1.82) is 0 Å². The fourth-order valence-corrected chi connectivity index (χ4v) is 2.87. The molecular weight excluding hydrogens is 322 g/mol. The molecule has 1 amide bonds. The van der Waals surface area contributed by atoms with Crippen molar-refractivity contribution in [2.75, 3.05) is 0 Å². The first-order valence-corrected chi connectivity index (χ1v) is 8.67. The molecule has 0 aliphatic rings. The van der Waals surface area contributed by atoms with Crippen molar-refractivity contribution in [2.45, 2.75) is 26.8 Å². The number of imidazole rings is 1. The van der Waals surface area contributed by atoms with E-state index in [1.807, 2.05) is 54.1 Å². The van der Waals surface area contributed by atoms with Gasteiger partial charge in [-0.3, -0.25) is 4.79 Å². The molecule has 1 unspecified atom stereocenters. The number of hydrogen-bond donors (Lipinski definition) is 1. The maximum absolute atomic E-state index is 12.2. The predicted molar refractivity (Wildman–Crippen MR) is 105 cm³/mol. The van der Waals surface area contributed by atoms with Gasteiger partial charge in [-0.05, 0) is 55.7 Å². The highest BCUT2D eigenvalue weighted by Gasteiger charge is 2.08. The normalized spacial score (nSPS) is 12.3. The average Bonchev–Trinajstić information content (AvgIpc) is 3.16. The van der Waals surface area contributed by atoms with E-state index in [1.165, 1.54) is 5.56 Å². The van der Waals surface area contributed by atoms with Crippen molar-refractivity contribution in [3.63, 3.8) is 0 Å². The summed E-state index contributed by atoms with van der Waals surface area (Å²) in [5.41, 5.74) is 5.54. The van der Waals surface area contributed by atoms with Crippen molar-refractivity contribution >= 4 is 12.0 Å². The molecule has 0 fully saturated rings. The van der Waals surface area contributed by atoms with Crippen LogP contribution in [0.1, 0.15) is 35.2 Å². The minimum absolute atomic E-state index is 0.0666. The van der Waals surface area contributed by atoms with Gasteiger partial charge in [0.25, 0.3) is 0 Å². The monoisotopic (exact) mass is 345 g/mol. The van der Waals surface area contributed by atoms with Gasteiger partial charge in [0.15, 0.2) is 0 Å². The summed E-state index contributed by atoms with van der Waals surface area (Å²) in [6.07, 6.45) is 8.86. The molecule has 0 aliphatic heterocycles. The zero-order valence-corrected chi connectivity index (χ0v) is 15.3. The van der Waals surface area contributed by atoms with Crippen LogP contribution in [0.3, 0.4) is 0 Å². The van der Waals surface area contributed by atoms with Gasteiger partial charge in [0.1, 0.15) is 0 Å². The number of hydrogen-bond acceptors (Lipinski definition) is 2. The third kappa shape index (κ3) is 4.28. The molecule has 0 spiro atoms. The smallest absolute Gasteiger partial charge is 0.244 e. The number of aromatic nitrogens is 2. The molecule has 1 heterocycles. The van der Waals surface area contributed by atoms with Crippen LogP contribution in [-0.4, -0.2) is 15.5 Å². The van der Waals surface area contributed by atoms with E-state index in [0.717, 1.165) is 22.4 Å². The van der Waals surface area contributed by atoms with Crippen molar-refractivity contribution in [3.05, 3.63) is 89.5 Å². The summed E-state index contributed by atoms with van der Waals surface area (Å²) < 4.78 is 1.94. The first-order chi connectivity index (χ1) is 12.5. The van der Waals surface area contributed by atoms with E-state index in [2.05, 4.69) is 36.3 Å².